The van der Waals surface area contributed by atoms with Gasteiger partial charge >= 0.3 is 0 Å². The van der Waals surface area contributed by atoms with Gasteiger partial charge < -0.3 is 5.32 Å². The first-order chi connectivity index (χ1) is 16.0. The third-order valence-electron chi connectivity index (χ3n) is 4.63. The molecule has 1 fully saturated rings. The molecule has 2 amide bonds. The number of halogens is 1. The molecule has 0 atom stereocenters. The van der Waals surface area contributed by atoms with Gasteiger partial charge in [-0.3, -0.25) is 14.5 Å². The quantitative estimate of drug-likeness (QED) is 0.321. The lowest BCUT2D eigenvalue weighted by atomic mass is 10.1. The van der Waals surface area contributed by atoms with Crippen molar-refractivity contribution in [2.24, 2.45) is 0 Å². The van der Waals surface area contributed by atoms with Gasteiger partial charge in [-0.1, -0.05) is 96.3 Å². The van der Waals surface area contributed by atoms with Crippen LogP contribution in [0.4, 0.5) is 5.13 Å². The molecule has 0 saturated carbocycles. The summed E-state index contributed by atoms with van der Waals surface area (Å²) in [5.74, 6) is -0.637. The molecular formula is C24H18ClN3O2S3. The van der Waals surface area contributed by atoms with E-state index in [2.05, 4.69) is 10.3 Å². The molecule has 1 aromatic heterocycles. The molecule has 2 aromatic carbocycles. The van der Waals surface area contributed by atoms with Crippen LogP contribution in [0.15, 0.2) is 77.9 Å². The fraction of sp³-hybridized carbons (Fsp3) is 0.0833. The molecule has 1 aliphatic rings. The predicted molar refractivity (Wildman–Crippen MR) is 140 cm³/mol. The third-order valence-corrected chi connectivity index (χ3v) is 7.31. The molecule has 0 radical (unpaired) electrons. The maximum absolute atomic E-state index is 12.7. The number of carbonyl (C=O) groups is 2. The first-order valence-corrected chi connectivity index (χ1v) is 12.4. The molecule has 0 bridgehead atoms. The monoisotopic (exact) mass is 511 g/mol. The third kappa shape index (κ3) is 6.17. The fourth-order valence-corrected chi connectivity index (χ4v) is 5.30. The summed E-state index contributed by atoms with van der Waals surface area (Å²) in [6.45, 7) is -0.163. The SMILES string of the molecule is O=C(CN1C(=O)/C(=C/C=C/c2ccccc2)SC1=S)Nc1ncc(Cc2ccccc2Cl)s1. The zero-order valence-electron chi connectivity index (χ0n) is 17.2. The van der Waals surface area contributed by atoms with E-state index in [-0.39, 0.29) is 18.4 Å². The Kier molecular flexibility index (Phi) is 7.72. The molecule has 0 unspecified atom stereocenters. The zero-order chi connectivity index (χ0) is 23.2. The van der Waals surface area contributed by atoms with Gasteiger partial charge in [-0.15, -0.1) is 11.3 Å². The Bertz CT molecular complexity index is 1250. The van der Waals surface area contributed by atoms with Crippen LogP contribution >= 0.6 is 46.9 Å². The Labute approximate surface area is 210 Å². The minimum atomic E-state index is -0.356. The molecule has 1 aliphatic heterocycles. The Balaban J connectivity index is 1.34. The van der Waals surface area contributed by atoms with Gasteiger partial charge in [0, 0.05) is 22.5 Å². The molecule has 33 heavy (non-hydrogen) atoms. The predicted octanol–water partition coefficient (Wildman–Crippen LogP) is 5.78. The van der Waals surface area contributed by atoms with E-state index in [1.165, 1.54) is 28.0 Å². The number of thiazole rings is 1. The number of thiocarbonyl (C=S) groups is 1. The Hall–Kier alpha value is -2.78. The van der Waals surface area contributed by atoms with Gasteiger partial charge in [0.1, 0.15) is 10.9 Å². The van der Waals surface area contributed by atoms with Gasteiger partial charge in [-0.2, -0.15) is 0 Å². The van der Waals surface area contributed by atoms with E-state index in [0.717, 1.165) is 16.0 Å². The Morgan fingerprint density at radius 2 is 1.91 bits per heavy atom. The number of aromatic nitrogens is 1. The number of amides is 2. The zero-order valence-corrected chi connectivity index (χ0v) is 20.4. The second-order valence-electron chi connectivity index (χ2n) is 7.01. The van der Waals surface area contributed by atoms with Crippen molar-refractivity contribution in [1.29, 1.82) is 0 Å². The maximum Gasteiger partial charge on any atom is 0.266 e. The Morgan fingerprint density at radius 3 is 2.70 bits per heavy atom. The number of rotatable bonds is 7. The highest BCUT2D eigenvalue weighted by atomic mass is 35.5. The molecule has 0 aliphatic carbocycles. The normalized spacial score (nSPS) is 15.1. The van der Waals surface area contributed by atoms with E-state index in [0.29, 0.717) is 25.8 Å². The summed E-state index contributed by atoms with van der Waals surface area (Å²) in [4.78, 5) is 32.2. The molecular weight excluding hydrogens is 494 g/mol. The van der Waals surface area contributed by atoms with Crippen LogP contribution in [0.3, 0.4) is 0 Å². The number of nitrogens with zero attached hydrogens (tertiary/aromatic N) is 2. The highest BCUT2D eigenvalue weighted by Gasteiger charge is 2.33. The average molecular weight is 512 g/mol. The maximum atomic E-state index is 12.7. The molecule has 1 saturated heterocycles. The van der Waals surface area contributed by atoms with Crippen molar-refractivity contribution in [2.75, 3.05) is 11.9 Å². The number of benzene rings is 2. The van der Waals surface area contributed by atoms with E-state index in [4.69, 9.17) is 23.8 Å². The van der Waals surface area contributed by atoms with E-state index < -0.39 is 0 Å². The number of hydrogen-bond donors (Lipinski definition) is 1. The minimum Gasteiger partial charge on any atom is -0.300 e. The number of nitrogens with one attached hydrogen (secondary N) is 1. The molecule has 5 nitrogen and oxygen atoms in total. The van der Waals surface area contributed by atoms with Crippen LogP contribution in [0.2, 0.25) is 5.02 Å². The molecule has 4 rings (SSSR count). The smallest absolute Gasteiger partial charge is 0.266 e. The summed E-state index contributed by atoms with van der Waals surface area (Å²) < 4.78 is 0.355. The number of hydrogen-bond acceptors (Lipinski definition) is 6. The van der Waals surface area contributed by atoms with Crippen molar-refractivity contribution in [3.8, 4) is 0 Å². The van der Waals surface area contributed by atoms with Gasteiger partial charge in [0.25, 0.3) is 5.91 Å². The second kappa shape index (κ2) is 10.9. The van der Waals surface area contributed by atoms with Crippen LogP contribution in [0, 0.1) is 0 Å². The van der Waals surface area contributed by atoms with Gasteiger partial charge in [-0.25, -0.2) is 4.98 Å². The first-order valence-electron chi connectivity index (χ1n) is 9.94. The van der Waals surface area contributed by atoms with Crippen LogP contribution in [-0.2, 0) is 16.0 Å². The topological polar surface area (TPSA) is 62.3 Å². The summed E-state index contributed by atoms with van der Waals surface area (Å²) in [5, 5.41) is 3.91. The van der Waals surface area contributed by atoms with Gasteiger partial charge in [-0.05, 0) is 23.3 Å². The van der Waals surface area contributed by atoms with Crippen LogP contribution in [-0.4, -0.2) is 32.6 Å². The minimum absolute atomic E-state index is 0.163. The number of allylic oxidation sites excluding steroid dienone is 2. The highest BCUT2D eigenvalue weighted by molar-refractivity contribution is 8.26. The van der Waals surface area contributed by atoms with Crippen molar-refractivity contribution in [3.63, 3.8) is 0 Å². The first kappa shape index (κ1) is 23.4. The van der Waals surface area contributed by atoms with Crippen molar-refractivity contribution in [1.82, 2.24) is 9.88 Å². The standard InChI is InChI=1S/C24H18ClN3O2S3/c25-19-11-5-4-10-17(19)13-18-14-26-23(32-18)27-21(29)15-28-22(30)20(33-24(28)31)12-6-9-16-7-2-1-3-8-16/h1-12,14H,13,15H2,(H,26,27,29)/b9-6+,20-12-. The summed E-state index contributed by atoms with van der Waals surface area (Å²) in [6.07, 6.45) is 7.76. The number of anilines is 1. The summed E-state index contributed by atoms with van der Waals surface area (Å²) in [6, 6.07) is 17.4. The second-order valence-corrected chi connectivity index (χ2v) is 10.2. The number of carbonyl (C=O) groups excluding carboxylic acids is 2. The molecule has 0 spiro atoms. The van der Waals surface area contributed by atoms with Gasteiger partial charge in [0.05, 0.1) is 4.91 Å². The van der Waals surface area contributed by atoms with Crippen LogP contribution < -0.4 is 5.32 Å². The van der Waals surface area contributed by atoms with Crippen LogP contribution in [0.25, 0.3) is 6.08 Å². The van der Waals surface area contributed by atoms with Gasteiger partial charge in [0.2, 0.25) is 5.91 Å². The summed E-state index contributed by atoms with van der Waals surface area (Å²) in [5.41, 5.74) is 2.02. The molecule has 3 aromatic rings. The lowest BCUT2D eigenvalue weighted by Crippen LogP contribution is -2.36. The molecule has 1 N–H and O–H groups in total. The largest absolute Gasteiger partial charge is 0.300 e. The van der Waals surface area contributed by atoms with Crippen molar-refractivity contribution in [2.45, 2.75) is 6.42 Å². The van der Waals surface area contributed by atoms with Crippen molar-refractivity contribution < 1.29 is 9.59 Å². The summed E-state index contributed by atoms with van der Waals surface area (Å²) >= 11 is 14.1. The molecule has 2 heterocycles. The van der Waals surface area contributed by atoms with Crippen molar-refractivity contribution >= 4 is 74.3 Å². The van der Waals surface area contributed by atoms with Gasteiger partial charge in [0.15, 0.2) is 5.13 Å². The molecule has 9 heteroatoms. The molecule has 166 valence electrons. The fourth-order valence-electron chi connectivity index (χ4n) is 3.04. The lowest BCUT2D eigenvalue weighted by Gasteiger charge is -2.13. The van der Waals surface area contributed by atoms with E-state index in [9.17, 15) is 9.59 Å². The number of thioether (sulfide) groups is 1. The van der Waals surface area contributed by atoms with E-state index >= 15 is 0 Å². The Morgan fingerprint density at radius 1 is 1.15 bits per heavy atom. The lowest BCUT2D eigenvalue weighted by molar-refractivity contribution is -0.126. The van der Waals surface area contributed by atoms with Crippen LogP contribution in [0.1, 0.15) is 16.0 Å². The average Bonchev–Trinajstić information content (AvgIpc) is 3.35. The van der Waals surface area contributed by atoms with Crippen molar-refractivity contribution in [3.05, 3.63) is 98.9 Å². The summed E-state index contributed by atoms with van der Waals surface area (Å²) in [7, 11) is 0. The highest BCUT2D eigenvalue weighted by Crippen LogP contribution is 2.31. The van der Waals surface area contributed by atoms with Crippen LogP contribution in [0.5, 0.6) is 0 Å². The van der Waals surface area contributed by atoms with E-state index in [1.54, 1.807) is 18.3 Å². The van der Waals surface area contributed by atoms with E-state index in [1.807, 2.05) is 60.7 Å².